The number of esters is 1. The number of pyridine rings is 1. The zero-order chi connectivity index (χ0) is 11.6. The second kappa shape index (κ2) is 3.96. The van der Waals surface area contributed by atoms with E-state index in [0.29, 0.717) is 5.56 Å². The number of halogens is 1. The van der Waals surface area contributed by atoms with Gasteiger partial charge in [0, 0.05) is 5.56 Å². The van der Waals surface area contributed by atoms with Gasteiger partial charge in [-0.3, -0.25) is 0 Å². The molecular formula is C11H14FNO2. The highest BCUT2D eigenvalue weighted by atomic mass is 19.1. The van der Waals surface area contributed by atoms with Crippen LogP contribution in [-0.4, -0.2) is 18.1 Å². The van der Waals surface area contributed by atoms with E-state index in [0.717, 1.165) is 0 Å². The first-order chi connectivity index (χ1) is 6.86. The van der Waals surface area contributed by atoms with Crippen LogP contribution in [0.5, 0.6) is 0 Å². The van der Waals surface area contributed by atoms with E-state index in [1.54, 1.807) is 6.07 Å². The zero-order valence-electron chi connectivity index (χ0n) is 9.30. The minimum absolute atomic E-state index is 0.0111. The molecule has 1 heterocycles. The minimum atomic E-state index is -0.630. The second-order valence-electron chi connectivity index (χ2n) is 4.28. The number of hydrogen-bond acceptors (Lipinski definition) is 3. The molecule has 0 bridgehead atoms. The van der Waals surface area contributed by atoms with Gasteiger partial charge >= 0.3 is 5.97 Å². The Morgan fingerprint density at radius 3 is 2.40 bits per heavy atom. The van der Waals surface area contributed by atoms with E-state index in [1.807, 2.05) is 20.8 Å². The van der Waals surface area contributed by atoms with Crippen LogP contribution in [0.2, 0.25) is 0 Å². The van der Waals surface area contributed by atoms with Crippen molar-refractivity contribution in [2.45, 2.75) is 26.2 Å². The molecule has 4 heteroatoms. The number of rotatable bonds is 1. The maximum Gasteiger partial charge on any atom is 0.356 e. The highest BCUT2D eigenvalue weighted by molar-refractivity contribution is 5.87. The van der Waals surface area contributed by atoms with Gasteiger partial charge in [-0.1, -0.05) is 26.8 Å². The number of hydrogen-bond donors (Lipinski definition) is 0. The predicted octanol–water partition coefficient (Wildman–Crippen LogP) is 2.30. The predicted molar refractivity (Wildman–Crippen MR) is 54.2 cm³/mol. The number of ether oxygens (including phenoxy) is 1. The molecule has 1 aromatic heterocycles. The maximum absolute atomic E-state index is 13.5. The van der Waals surface area contributed by atoms with Crippen LogP contribution in [0.25, 0.3) is 0 Å². The van der Waals surface area contributed by atoms with Crippen LogP contribution in [0.15, 0.2) is 12.1 Å². The van der Waals surface area contributed by atoms with Crippen molar-refractivity contribution in [1.29, 1.82) is 0 Å². The van der Waals surface area contributed by atoms with Crippen LogP contribution in [0.4, 0.5) is 4.39 Å². The van der Waals surface area contributed by atoms with E-state index in [4.69, 9.17) is 0 Å². The van der Waals surface area contributed by atoms with Gasteiger partial charge in [-0.15, -0.1) is 0 Å². The van der Waals surface area contributed by atoms with Crippen molar-refractivity contribution in [1.82, 2.24) is 4.98 Å². The van der Waals surface area contributed by atoms with Crippen LogP contribution >= 0.6 is 0 Å². The highest BCUT2D eigenvalue weighted by Gasteiger charge is 2.20. The van der Waals surface area contributed by atoms with Crippen molar-refractivity contribution in [3.8, 4) is 0 Å². The Labute approximate surface area is 88.3 Å². The van der Waals surface area contributed by atoms with Crippen molar-refractivity contribution in [2.75, 3.05) is 7.11 Å². The van der Waals surface area contributed by atoms with Gasteiger partial charge in [0.2, 0.25) is 5.95 Å². The van der Waals surface area contributed by atoms with Crippen molar-refractivity contribution in [3.63, 3.8) is 0 Å². The van der Waals surface area contributed by atoms with Crippen LogP contribution in [-0.2, 0) is 10.2 Å². The minimum Gasteiger partial charge on any atom is -0.464 e. The number of carbonyl (C=O) groups is 1. The van der Waals surface area contributed by atoms with Crippen molar-refractivity contribution in [3.05, 3.63) is 29.3 Å². The Bertz CT molecular complexity index is 383. The molecule has 1 rings (SSSR count). The Balaban J connectivity index is 3.15. The van der Waals surface area contributed by atoms with E-state index in [9.17, 15) is 9.18 Å². The van der Waals surface area contributed by atoms with Gasteiger partial charge < -0.3 is 4.74 Å². The molecule has 0 saturated carbocycles. The molecule has 3 nitrogen and oxygen atoms in total. The summed E-state index contributed by atoms with van der Waals surface area (Å²) in [5.41, 5.74) is 0.143. The van der Waals surface area contributed by atoms with Gasteiger partial charge in [0.15, 0.2) is 5.69 Å². The standard InChI is InChI=1S/C11H14FNO2/c1-11(2,3)7-5-6-8(10(14)15-4)13-9(7)12/h5-6H,1-4H3. The molecule has 15 heavy (non-hydrogen) atoms. The number of aromatic nitrogens is 1. The summed E-state index contributed by atoms with van der Waals surface area (Å²) in [5, 5.41) is 0. The Morgan fingerprint density at radius 1 is 1.40 bits per heavy atom. The van der Waals surface area contributed by atoms with Crippen molar-refractivity contribution >= 4 is 5.97 Å². The van der Waals surface area contributed by atoms with Crippen molar-refractivity contribution in [2.24, 2.45) is 0 Å². The van der Waals surface area contributed by atoms with Gasteiger partial charge in [0.05, 0.1) is 7.11 Å². The molecule has 0 atom stereocenters. The molecule has 0 aliphatic carbocycles. The molecule has 0 spiro atoms. The second-order valence-corrected chi connectivity index (χ2v) is 4.28. The lowest BCUT2D eigenvalue weighted by molar-refractivity contribution is 0.0592. The molecule has 0 N–H and O–H groups in total. The van der Waals surface area contributed by atoms with Gasteiger partial charge in [0.1, 0.15) is 0 Å². The van der Waals surface area contributed by atoms with Gasteiger partial charge in [0.25, 0.3) is 0 Å². The summed E-state index contributed by atoms with van der Waals surface area (Å²) in [6.07, 6.45) is 0. The summed E-state index contributed by atoms with van der Waals surface area (Å²) in [6.45, 7) is 5.64. The lowest BCUT2D eigenvalue weighted by Crippen LogP contribution is -2.16. The van der Waals surface area contributed by atoms with Crippen LogP contribution in [0, 0.1) is 5.95 Å². The number of carbonyl (C=O) groups excluding carboxylic acids is 1. The fourth-order valence-corrected chi connectivity index (χ4v) is 1.21. The third-order valence-corrected chi connectivity index (χ3v) is 2.05. The summed E-state index contributed by atoms with van der Waals surface area (Å²) in [7, 11) is 1.24. The van der Waals surface area contributed by atoms with Crippen LogP contribution in [0.3, 0.4) is 0 Å². The molecule has 0 aliphatic heterocycles. The number of methoxy groups -OCH3 is 1. The van der Waals surface area contributed by atoms with Gasteiger partial charge in [-0.25, -0.2) is 9.78 Å². The third-order valence-electron chi connectivity index (χ3n) is 2.05. The molecule has 0 saturated heterocycles. The summed E-state index contributed by atoms with van der Waals surface area (Å²) < 4.78 is 18.0. The Hall–Kier alpha value is -1.45. The van der Waals surface area contributed by atoms with E-state index in [-0.39, 0.29) is 11.1 Å². The molecule has 0 aliphatic rings. The topological polar surface area (TPSA) is 39.2 Å². The average Bonchev–Trinajstić information content (AvgIpc) is 2.14. The summed E-state index contributed by atoms with van der Waals surface area (Å²) in [5.74, 6) is -1.25. The quantitative estimate of drug-likeness (QED) is 0.528. The largest absolute Gasteiger partial charge is 0.464 e. The monoisotopic (exact) mass is 211 g/mol. The van der Waals surface area contributed by atoms with E-state index in [2.05, 4.69) is 9.72 Å². The SMILES string of the molecule is COC(=O)c1ccc(C(C)(C)C)c(F)n1. The fourth-order valence-electron chi connectivity index (χ4n) is 1.21. The summed E-state index contributed by atoms with van der Waals surface area (Å²) >= 11 is 0. The van der Waals surface area contributed by atoms with Crippen LogP contribution in [0.1, 0.15) is 36.8 Å². The van der Waals surface area contributed by atoms with E-state index >= 15 is 0 Å². The summed E-state index contributed by atoms with van der Waals surface area (Å²) in [4.78, 5) is 14.6. The molecular weight excluding hydrogens is 197 g/mol. The highest BCUT2D eigenvalue weighted by Crippen LogP contribution is 2.24. The lowest BCUT2D eigenvalue weighted by Gasteiger charge is -2.18. The van der Waals surface area contributed by atoms with Gasteiger partial charge in [-0.2, -0.15) is 4.39 Å². The fraction of sp³-hybridized carbons (Fsp3) is 0.455. The molecule has 1 aromatic rings. The molecule has 82 valence electrons. The molecule has 0 amide bonds. The van der Waals surface area contributed by atoms with Crippen LogP contribution < -0.4 is 0 Å². The Kier molecular flexibility index (Phi) is 3.07. The van der Waals surface area contributed by atoms with Gasteiger partial charge in [-0.05, 0) is 11.5 Å². The Morgan fingerprint density at radius 2 is 2.00 bits per heavy atom. The smallest absolute Gasteiger partial charge is 0.356 e. The molecule has 0 radical (unpaired) electrons. The first-order valence-corrected chi connectivity index (χ1v) is 4.61. The first-order valence-electron chi connectivity index (χ1n) is 4.61. The lowest BCUT2D eigenvalue weighted by atomic mass is 9.88. The van der Waals surface area contributed by atoms with E-state index < -0.39 is 11.9 Å². The first kappa shape index (κ1) is 11.6. The average molecular weight is 211 g/mol. The zero-order valence-corrected chi connectivity index (χ0v) is 9.30. The molecule has 0 aromatic carbocycles. The van der Waals surface area contributed by atoms with E-state index in [1.165, 1.54) is 13.2 Å². The number of nitrogens with zero attached hydrogens (tertiary/aromatic N) is 1. The summed E-state index contributed by atoms with van der Waals surface area (Å²) in [6, 6.07) is 3.03. The van der Waals surface area contributed by atoms with Crippen molar-refractivity contribution < 1.29 is 13.9 Å². The maximum atomic E-state index is 13.5. The third kappa shape index (κ3) is 2.52. The molecule has 0 fully saturated rings. The normalized spacial score (nSPS) is 11.3. The molecule has 0 unspecified atom stereocenters.